The Bertz CT molecular complexity index is 515. The van der Waals surface area contributed by atoms with Gasteiger partial charge in [-0.3, -0.25) is 9.59 Å². The Hall–Kier alpha value is -2.17. The molecule has 2 heterocycles. The van der Waals surface area contributed by atoms with Crippen LogP contribution in [0.25, 0.3) is 0 Å². The van der Waals surface area contributed by atoms with E-state index in [-0.39, 0.29) is 11.8 Å². The van der Waals surface area contributed by atoms with E-state index < -0.39 is 6.23 Å². The Morgan fingerprint density at radius 1 is 1.24 bits per heavy atom. The summed E-state index contributed by atoms with van der Waals surface area (Å²) in [5, 5.41) is 3.76. The minimum atomic E-state index is -0.595. The minimum absolute atomic E-state index is 0.305. The number of fused-ring (bicyclic) bond motifs is 1. The van der Waals surface area contributed by atoms with Crippen LogP contribution in [0.15, 0.2) is 29.4 Å². The van der Waals surface area contributed by atoms with Crippen molar-refractivity contribution < 1.29 is 14.4 Å². The first kappa shape index (κ1) is 10.0. The SMILES string of the molecule is CC1=NOC(N2C(=O)c3ccccc3C2=O)C1. The second-order valence-corrected chi connectivity index (χ2v) is 4.12. The van der Waals surface area contributed by atoms with Crippen molar-refractivity contribution in [1.29, 1.82) is 0 Å². The van der Waals surface area contributed by atoms with E-state index in [9.17, 15) is 9.59 Å². The normalized spacial score (nSPS) is 22.5. The molecule has 5 nitrogen and oxygen atoms in total. The predicted octanol–water partition coefficient (Wildman–Crippen LogP) is 1.40. The average Bonchev–Trinajstić information content (AvgIpc) is 2.84. The van der Waals surface area contributed by atoms with E-state index in [1.165, 1.54) is 0 Å². The highest BCUT2D eigenvalue weighted by molar-refractivity contribution is 6.21. The van der Waals surface area contributed by atoms with Crippen molar-refractivity contribution in [2.24, 2.45) is 5.16 Å². The zero-order chi connectivity index (χ0) is 12.0. The number of amides is 2. The number of rotatable bonds is 1. The van der Waals surface area contributed by atoms with Gasteiger partial charge in [-0.1, -0.05) is 17.3 Å². The summed E-state index contributed by atoms with van der Waals surface area (Å²) in [4.78, 5) is 30.4. The first-order valence-electron chi connectivity index (χ1n) is 5.34. The molecule has 0 spiro atoms. The van der Waals surface area contributed by atoms with Gasteiger partial charge in [0, 0.05) is 6.42 Å². The molecule has 0 aliphatic carbocycles. The van der Waals surface area contributed by atoms with E-state index in [1.807, 2.05) is 0 Å². The number of benzene rings is 1. The summed E-state index contributed by atoms with van der Waals surface area (Å²) >= 11 is 0. The first-order chi connectivity index (χ1) is 8.18. The quantitative estimate of drug-likeness (QED) is 0.685. The van der Waals surface area contributed by atoms with Gasteiger partial charge in [-0.15, -0.1) is 0 Å². The minimum Gasteiger partial charge on any atom is -0.370 e. The van der Waals surface area contributed by atoms with Gasteiger partial charge >= 0.3 is 0 Å². The van der Waals surface area contributed by atoms with Crippen molar-refractivity contribution in [3.05, 3.63) is 35.4 Å². The molecule has 2 aliphatic rings. The highest BCUT2D eigenvalue weighted by atomic mass is 16.7. The van der Waals surface area contributed by atoms with Crippen LogP contribution >= 0.6 is 0 Å². The highest BCUT2D eigenvalue weighted by Crippen LogP contribution is 2.27. The molecule has 0 N–H and O–H groups in total. The van der Waals surface area contributed by atoms with Crippen LogP contribution in [0.5, 0.6) is 0 Å². The van der Waals surface area contributed by atoms with Crippen molar-refractivity contribution >= 4 is 17.5 Å². The number of hydrogen-bond acceptors (Lipinski definition) is 4. The fourth-order valence-corrected chi connectivity index (χ4v) is 2.09. The third kappa shape index (κ3) is 1.35. The number of imide groups is 1. The lowest BCUT2D eigenvalue weighted by atomic mass is 10.1. The first-order valence-corrected chi connectivity index (χ1v) is 5.34. The standard InChI is InChI=1S/C12H10N2O3/c1-7-6-10(17-13-7)14-11(15)8-4-2-3-5-9(8)12(14)16/h2-5,10H,6H2,1H3. The van der Waals surface area contributed by atoms with Gasteiger partial charge in [0.1, 0.15) is 0 Å². The summed E-state index contributed by atoms with van der Waals surface area (Å²) in [6.45, 7) is 1.80. The molecule has 2 amide bonds. The zero-order valence-corrected chi connectivity index (χ0v) is 9.21. The molecule has 1 aromatic carbocycles. The van der Waals surface area contributed by atoms with Crippen LogP contribution in [-0.2, 0) is 4.84 Å². The Kier molecular flexibility index (Phi) is 2.01. The Morgan fingerprint density at radius 2 is 1.82 bits per heavy atom. The van der Waals surface area contributed by atoms with E-state index in [1.54, 1.807) is 31.2 Å². The summed E-state index contributed by atoms with van der Waals surface area (Å²) in [5.41, 5.74) is 1.66. The second-order valence-electron chi connectivity index (χ2n) is 4.12. The van der Waals surface area contributed by atoms with Crippen LogP contribution in [0.2, 0.25) is 0 Å². The van der Waals surface area contributed by atoms with Crippen molar-refractivity contribution in [2.75, 3.05) is 0 Å². The van der Waals surface area contributed by atoms with Crippen LogP contribution in [-0.4, -0.2) is 28.7 Å². The molecule has 17 heavy (non-hydrogen) atoms. The summed E-state index contributed by atoms with van der Waals surface area (Å²) in [5.74, 6) is -0.610. The fraction of sp³-hybridized carbons (Fsp3) is 0.250. The molecule has 0 saturated heterocycles. The van der Waals surface area contributed by atoms with E-state index in [4.69, 9.17) is 4.84 Å². The van der Waals surface area contributed by atoms with E-state index in [0.29, 0.717) is 17.5 Å². The molecule has 0 radical (unpaired) electrons. The van der Waals surface area contributed by atoms with Crippen LogP contribution in [0.3, 0.4) is 0 Å². The molecule has 1 atom stereocenters. The number of nitrogens with zero attached hydrogens (tertiary/aromatic N) is 2. The summed E-state index contributed by atoms with van der Waals surface area (Å²) in [7, 11) is 0. The third-order valence-corrected chi connectivity index (χ3v) is 2.91. The Morgan fingerprint density at radius 3 is 2.29 bits per heavy atom. The molecule has 3 rings (SSSR count). The maximum absolute atomic E-state index is 12.1. The molecule has 5 heteroatoms. The van der Waals surface area contributed by atoms with Gasteiger partial charge < -0.3 is 4.84 Å². The monoisotopic (exact) mass is 230 g/mol. The lowest BCUT2D eigenvalue weighted by molar-refractivity contribution is -0.0143. The van der Waals surface area contributed by atoms with Crippen LogP contribution < -0.4 is 0 Å². The summed E-state index contributed by atoms with van der Waals surface area (Å²) in [6, 6.07) is 6.78. The molecule has 86 valence electrons. The number of carbonyl (C=O) groups is 2. The van der Waals surface area contributed by atoms with E-state index >= 15 is 0 Å². The van der Waals surface area contributed by atoms with Gasteiger partial charge in [-0.2, -0.15) is 0 Å². The van der Waals surface area contributed by atoms with E-state index in [0.717, 1.165) is 10.6 Å². The zero-order valence-electron chi connectivity index (χ0n) is 9.21. The highest BCUT2D eigenvalue weighted by Gasteiger charge is 2.42. The van der Waals surface area contributed by atoms with Gasteiger partial charge in [0.15, 0.2) is 0 Å². The lowest BCUT2D eigenvalue weighted by Crippen LogP contribution is -2.39. The van der Waals surface area contributed by atoms with Crippen molar-refractivity contribution in [2.45, 2.75) is 19.6 Å². The van der Waals surface area contributed by atoms with Gasteiger partial charge in [0.25, 0.3) is 11.8 Å². The predicted molar refractivity (Wildman–Crippen MR) is 59.5 cm³/mol. The summed E-state index contributed by atoms with van der Waals surface area (Å²) < 4.78 is 0. The number of carbonyl (C=O) groups excluding carboxylic acids is 2. The van der Waals surface area contributed by atoms with Crippen LogP contribution in [0.4, 0.5) is 0 Å². The van der Waals surface area contributed by atoms with Gasteiger partial charge in [-0.25, -0.2) is 4.90 Å². The molecule has 1 aromatic rings. The van der Waals surface area contributed by atoms with Crippen molar-refractivity contribution in [1.82, 2.24) is 4.90 Å². The summed E-state index contributed by atoms with van der Waals surface area (Å²) in [6.07, 6.45) is -0.117. The molecule has 1 unspecified atom stereocenters. The number of hydrogen-bond donors (Lipinski definition) is 0. The average molecular weight is 230 g/mol. The molecular formula is C12H10N2O3. The van der Waals surface area contributed by atoms with Crippen molar-refractivity contribution in [3.8, 4) is 0 Å². The molecule has 0 bridgehead atoms. The maximum atomic E-state index is 12.1. The van der Waals surface area contributed by atoms with Gasteiger partial charge in [0.2, 0.25) is 6.23 Å². The fourth-order valence-electron chi connectivity index (χ4n) is 2.09. The Balaban J connectivity index is 1.96. The Labute approximate surface area is 97.7 Å². The molecule has 0 saturated carbocycles. The van der Waals surface area contributed by atoms with Crippen LogP contribution in [0.1, 0.15) is 34.1 Å². The lowest BCUT2D eigenvalue weighted by Gasteiger charge is -2.19. The molecule has 0 fully saturated rings. The third-order valence-electron chi connectivity index (χ3n) is 2.91. The molecule has 2 aliphatic heterocycles. The van der Waals surface area contributed by atoms with Crippen molar-refractivity contribution in [3.63, 3.8) is 0 Å². The topological polar surface area (TPSA) is 59.0 Å². The molecular weight excluding hydrogens is 220 g/mol. The van der Waals surface area contributed by atoms with E-state index in [2.05, 4.69) is 5.16 Å². The largest absolute Gasteiger partial charge is 0.370 e. The number of oxime groups is 1. The van der Waals surface area contributed by atoms with Crippen LogP contribution in [0, 0.1) is 0 Å². The smallest absolute Gasteiger partial charge is 0.264 e. The maximum Gasteiger partial charge on any atom is 0.264 e. The van der Waals surface area contributed by atoms with Gasteiger partial charge in [-0.05, 0) is 19.1 Å². The second kappa shape index (κ2) is 3.41. The van der Waals surface area contributed by atoms with Gasteiger partial charge in [0.05, 0.1) is 16.8 Å². The molecule has 0 aromatic heterocycles.